The van der Waals surface area contributed by atoms with Gasteiger partial charge in [-0.15, -0.1) is 0 Å². The molecule has 0 fully saturated rings. The van der Waals surface area contributed by atoms with E-state index in [1.54, 1.807) is 37.9 Å². The molecular formula is C13H26N2O5P2. The van der Waals surface area contributed by atoms with Crippen LogP contribution in [0.25, 0.3) is 0 Å². The molecule has 0 N–H and O–H groups in total. The Morgan fingerprint density at radius 1 is 1.05 bits per heavy atom. The number of rotatable bonds is 11. The topological polar surface area (TPSA) is 79.7 Å². The molecule has 1 atom stereocenters. The summed E-state index contributed by atoms with van der Waals surface area (Å²) in [5.41, 5.74) is 0.444. The smallest absolute Gasteiger partial charge is 0.330 e. The second-order valence-electron chi connectivity index (χ2n) is 4.74. The van der Waals surface area contributed by atoms with Crippen LogP contribution in [-0.4, -0.2) is 41.7 Å². The van der Waals surface area contributed by atoms with Crippen LogP contribution >= 0.6 is 15.0 Å². The van der Waals surface area contributed by atoms with E-state index in [0.717, 1.165) is 0 Å². The van der Waals surface area contributed by atoms with Crippen LogP contribution in [0.4, 0.5) is 0 Å². The van der Waals surface area contributed by atoms with Gasteiger partial charge in [-0.05, 0) is 27.2 Å². The van der Waals surface area contributed by atoms with E-state index < -0.39 is 15.0 Å². The molecule has 0 bridgehead atoms. The van der Waals surface area contributed by atoms with Gasteiger partial charge in [0.05, 0.1) is 32.3 Å². The molecule has 0 saturated heterocycles. The maximum absolute atomic E-state index is 13.0. The lowest BCUT2D eigenvalue weighted by atomic mass is 10.6. The Balaban J connectivity index is 2.72. The van der Waals surface area contributed by atoms with Crippen LogP contribution in [0.1, 0.15) is 27.2 Å². The molecule has 1 rings (SSSR count). The molecule has 1 aromatic heterocycles. The summed E-state index contributed by atoms with van der Waals surface area (Å²) in [6.45, 7) is 6.31. The first-order chi connectivity index (χ1) is 10.4. The van der Waals surface area contributed by atoms with Gasteiger partial charge >= 0.3 is 7.60 Å². The number of hydrogen-bond donors (Lipinski definition) is 0. The van der Waals surface area contributed by atoms with E-state index in [0.29, 0.717) is 31.7 Å². The minimum absolute atomic E-state index is 0.221. The second-order valence-corrected chi connectivity index (χ2v) is 9.43. The molecule has 0 spiro atoms. The van der Waals surface area contributed by atoms with Crippen molar-refractivity contribution in [1.29, 1.82) is 0 Å². The average molecular weight is 352 g/mol. The summed E-state index contributed by atoms with van der Waals surface area (Å²) in [7, 11) is -4.34. The number of aryl methyl sites for hydroxylation is 1. The Kier molecular flexibility index (Phi) is 8.01. The zero-order valence-electron chi connectivity index (χ0n) is 13.7. The Morgan fingerprint density at radius 2 is 1.64 bits per heavy atom. The summed E-state index contributed by atoms with van der Waals surface area (Å²) in [4.78, 5) is 4.14. The van der Waals surface area contributed by atoms with Crippen molar-refractivity contribution in [2.45, 2.75) is 27.2 Å². The maximum atomic E-state index is 13.0. The molecule has 0 aliphatic carbocycles. The van der Waals surface area contributed by atoms with E-state index in [4.69, 9.17) is 13.6 Å². The van der Waals surface area contributed by atoms with Crippen LogP contribution in [0.15, 0.2) is 12.5 Å². The first-order valence-corrected chi connectivity index (χ1v) is 11.0. The van der Waals surface area contributed by atoms with Gasteiger partial charge in [0.2, 0.25) is 0 Å². The zero-order valence-corrected chi connectivity index (χ0v) is 15.5. The minimum Gasteiger partial charge on any atom is -0.340 e. The fraction of sp³-hybridized carbons (Fsp3) is 0.769. The Bertz CT molecular complexity index is 536. The molecule has 1 aromatic rings. The normalized spacial score (nSPS) is 14.9. The molecule has 1 unspecified atom stereocenters. The molecule has 1 heterocycles. The molecule has 7 nitrogen and oxygen atoms in total. The molecule has 0 radical (unpaired) electrons. The van der Waals surface area contributed by atoms with Crippen LogP contribution in [0.5, 0.6) is 0 Å². The molecule has 128 valence electrons. The van der Waals surface area contributed by atoms with E-state index in [2.05, 4.69) is 4.98 Å². The van der Waals surface area contributed by atoms with Crippen LogP contribution in [0, 0.1) is 0 Å². The van der Waals surface area contributed by atoms with Crippen molar-refractivity contribution in [1.82, 2.24) is 9.55 Å². The van der Waals surface area contributed by atoms with Crippen molar-refractivity contribution < 1.29 is 22.7 Å². The summed E-state index contributed by atoms with van der Waals surface area (Å²) in [6, 6.07) is 0. The summed E-state index contributed by atoms with van der Waals surface area (Å²) >= 11 is 0. The molecule has 0 amide bonds. The maximum Gasteiger partial charge on any atom is 0.330 e. The van der Waals surface area contributed by atoms with Gasteiger partial charge in [-0.2, -0.15) is 0 Å². The van der Waals surface area contributed by atoms with Gasteiger partial charge in [-0.1, -0.05) is 0 Å². The molecule has 22 heavy (non-hydrogen) atoms. The minimum atomic E-state index is -3.11. The fourth-order valence-electron chi connectivity index (χ4n) is 2.06. The van der Waals surface area contributed by atoms with Gasteiger partial charge in [0.15, 0.2) is 0 Å². The first kappa shape index (κ1) is 19.6. The SMILES string of the molecule is CCOP(=O)(CCCP(=O)(OCC)c1cn(C)cn1)OCC. The number of hydrogen-bond acceptors (Lipinski definition) is 6. The third-order valence-electron chi connectivity index (χ3n) is 2.91. The van der Waals surface area contributed by atoms with Crippen molar-refractivity contribution in [3.8, 4) is 0 Å². The van der Waals surface area contributed by atoms with Crippen LogP contribution in [0.2, 0.25) is 0 Å². The monoisotopic (exact) mass is 352 g/mol. The third kappa shape index (κ3) is 5.64. The van der Waals surface area contributed by atoms with Crippen LogP contribution < -0.4 is 5.44 Å². The van der Waals surface area contributed by atoms with E-state index >= 15 is 0 Å². The van der Waals surface area contributed by atoms with Gasteiger partial charge in [0.25, 0.3) is 7.37 Å². The largest absolute Gasteiger partial charge is 0.340 e. The number of imidazole rings is 1. The molecule has 9 heteroatoms. The van der Waals surface area contributed by atoms with Gasteiger partial charge in [-0.3, -0.25) is 9.13 Å². The molecular weight excluding hydrogens is 326 g/mol. The highest BCUT2D eigenvalue weighted by molar-refractivity contribution is 7.66. The highest BCUT2D eigenvalue weighted by Crippen LogP contribution is 2.51. The quantitative estimate of drug-likeness (QED) is 0.570. The Morgan fingerprint density at radius 3 is 2.09 bits per heavy atom. The lowest BCUT2D eigenvalue weighted by Crippen LogP contribution is -2.13. The van der Waals surface area contributed by atoms with Crippen LogP contribution in [0.3, 0.4) is 0 Å². The predicted octanol–water partition coefficient (Wildman–Crippen LogP) is 3.02. The predicted molar refractivity (Wildman–Crippen MR) is 87.3 cm³/mol. The van der Waals surface area contributed by atoms with E-state index in [1.165, 1.54) is 0 Å². The second kappa shape index (κ2) is 8.99. The lowest BCUT2D eigenvalue weighted by Gasteiger charge is -2.19. The summed E-state index contributed by atoms with van der Waals surface area (Å²) < 4.78 is 43.0. The number of nitrogens with zero attached hydrogens (tertiary/aromatic N) is 2. The Hall–Kier alpha value is -0.450. The summed E-state index contributed by atoms with van der Waals surface area (Å²) in [5, 5.41) is 0. The van der Waals surface area contributed by atoms with E-state index in [9.17, 15) is 9.13 Å². The van der Waals surface area contributed by atoms with Crippen molar-refractivity contribution >= 4 is 20.4 Å². The van der Waals surface area contributed by atoms with Gasteiger partial charge in [-0.25, -0.2) is 4.98 Å². The summed E-state index contributed by atoms with van der Waals surface area (Å²) in [5.74, 6) is 0. The highest BCUT2D eigenvalue weighted by atomic mass is 31.2. The van der Waals surface area contributed by atoms with Crippen molar-refractivity contribution in [2.75, 3.05) is 32.1 Å². The number of aromatic nitrogens is 2. The Labute approximate surface area is 132 Å². The fourth-order valence-corrected chi connectivity index (χ4v) is 6.04. The molecule has 0 aliphatic heterocycles. The van der Waals surface area contributed by atoms with E-state index in [-0.39, 0.29) is 12.3 Å². The third-order valence-corrected chi connectivity index (χ3v) is 7.59. The average Bonchev–Trinajstić information content (AvgIpc) is 2.87. The van der Waals surface area contributed by atoms with Crippen LogP contribution in [-0.2, 0) is 29.7 Å². The lowest BCUT2D eigenvalue weighted by molar-refractivity contribution is 0.220. The molecule has 0 aliphatic rings. The van der Waals surface area contributed by atoms with Gasteiger partial charge < -0.3 is 18.1 Å². The molecule has 0 saturated carbocycles. The van der Waals surface area contributed by atoms with E-state index in [1.807, 2.05) is 7.05 Å². The van der Waals surface area contributed by atoms with Gasteiger partial charge in [0, 0.05) is 19.4 Å². The van der Waals surface area contributed by atoms with Crippen molar-refractivity contribution in [3.05, 3.63) is 12.5 Å². The van der Waals surface area contributed by atoms with Crippen molar-refractivity contribution in [2.24, 2.45) is 7.05 Å². The molecule has 0 aromatic carbocycles. The highest BCUT2D eigenvalue weighted by Gasteiger charge is 2.30. The summed E-state index contributed by atoms with van der Waals surface area (Å²) in [6.07, 6.45) is 4.19. The zero-order chi connectivity index (χ0) is 16.6. The standard InChI is InChI=1S/C13H26N2O5P2/c1-5-18-21(16,13-11-15(4)12-14-13)9-8-10-22(17,19-6-2)20-7-3/h11-12H,5-10H2,1-4H3. The first-order valence-electron chi connectivity index (χ1n) is 7.49. The van der Waals surface area contributed by atoms with Gasteiger partial charge in [0.1, 0.15) is 5.44 Å². The van der Waals surface area contributed by atoms with Crippen molar-refractivity contribution in [3.63, 3.8) is 0 Å².